The molecule has 106 valence electrons. The fraction of sp³-hybridized carbons (Fsp3) is 0.857. The first kappa shape index (κ1) is 13.7. The second kappa shape index (κ2) is 4.92. The highest BCUT2D eigenvalue weighted by Crippen LogP contribution is 2.58. The molecule has 0 radical (unpaired) electrons. The molecule has 1 aliphatic heterocycles. The number of likely N-dealkylation sites (tertiary alicyclic amines) is 1. The number of fused-ring (bicyclic) bond motifs is 1. The van der Waals surface area contributed by atoms with Gasteiger partial charge in [-0.15, -0.1) is 0 Å². The summed E-state index contributed by atoms with van der Waals surface area (Å²) in [5.74, 6) is 2.21. The van der Waals surface area contributed by atoms with E-state index in [1.54, 1.807) is 11.8 Å². The second-order valence-electron chi connectivity index (χ2n) is 6.17. The highest BCUT2D eigenvalue weighted by atomic mass is 32.2. The van der Waals surface area contributed by atoms with Crippen molar-refractivity contribution in [1.29, 1.82) is 0 Å². The first-order valence-corrected chi connectivity index (χ1v) is 8.86. The zero-order valence-electron chi connectivity index (χ0n) is 11.4. The van der Waals surface area contributed by atoms with Crippen molar-refractivity contribution in [1.82, 2.24) is 4.90 Å². The Bertz CT molecular complexity index is 394. The molecule has 2 saturated carbocycles. The van der Waals surface area contributed by atoms with Crippen LogP contribution >= 0.6 is 24.0 Å². The predicted octanol–water partition coefficient (Wildman–Crippen LogP) is 2.04. The molecule has 1 saturated heterocycles. The summed E-state index contributed by atoms with van der Waals surface area (Å²) in [6.45, 7) is 1.65. The maximum absolute atomic E-state index is 12.5. The Morgan fingerprint density at radius 1 is 1.32 bits per heavy atom. The molecule has 1 amide bonds. The quantitative estimate of drug-likeness (QED) is 0.810. The number of thiocarbonyl (C=S) groups is 1. The van der Waals surface area contributed by atoms with Crippen LogP contribution in [0.5, 0.6) is 0 Å². The van der Waals surface area contributed by atoms with Crippen LogP contribution in [-0.4, -0.2) is 39.9 Å². The highest BCUT2D eigenvalue weighted by molar-refractivity contribution is 8.02. The van der Waals surface area contributed by atoms with Crippen molar-refractivity contribution in [2.45, 2.75) is 36.9 Å². The summed E-state index contributed by atoms with van der Waals surface area (Å²) in [7, 11) is 0. The Morgan fingerprint density at radius 2 is 1.89 bits per heavy atom. The molecule has 0 aromatic carbocycles. The average molecular weight is 298 g/mol. The van der Waals surface area contributed by atoms with Crippen LogP contribution < -0.4 is 5.73 Å². The number of nitrogens with two attached hydrogens (primary N) is 1. The topological polar surface area (TPSA) is 46.3 Å². The van der Waals surface area contributed by atoms with Gasteiger partial charge >= 0.3 is 0 Å². The van der Waals surface area contributed by atoms with Gasteiger partial charge < -0.3 is 10.6 Å². The smallest absolute Gasteiger partial charge is 0.226 e. The van der Waals surface area contributed by atoms with Crippen molar-refractivity contribution in [3.8, 4) is 0 Å². The number of rotatable bonds is 3. The average Bonchev–Trinajstić information content (AvgIpc) is 2.90. The van der Waals surface area contributed by atoms with Crippen molar-refractivity contribution in [2.24, 2.45) is 23.5 Å². The molecule has 1 heterocycles. The van der Waals surface area contributed by atoms with Gasteiger partial charge in [0.25, 0.3) is 0 Å². The van der Waals surface area contributed by atoms with Crippen molar-refractivity contribution in [3.05, 3.63) is 0 Å². The molecular weight excluding hydrogens is 276 g/mol. The Kier molecular flexibility index (Phi) is 3.54. The van der Waals surface area contributed by atoms with Crippen molar-refractivity contribution in [2.75, 3.05) is 19.3 Å². The van der Waals surface area contributed by atoms with Gasteiger partial charge in [-0.3, -0.25) is 4.79 Å². The lowest BCUT2D eigenvalue weighted by molar-refractivity contribution is -0.134. The maximum Gasteiger partial charge on any atom is 0.226 e. The third-order valence-electron chi connectivity index (χ3n) is 5.41. The SMILES string of the molecule is CSC1(C(N)=S)CCN(C(=O)C2C3CCCC32)CC1. The lowest BCUT2D eigenvalue weighted by atomic mass is 9.95. The van der Waals surface area contributed by atoms with E-state index in [1.807, 2.05) is 0 Å². The molecule has 5 heteroatoms. The van der Waals surface area contributed by atoms with Gasteiger partial charge in [-0.25, -0.2) is 0 Å². The van der Waals surface area contributed by atoms with Gasteiger partial charge in [-0.05, 0) is 43.8 Å². The van der Waals surface area contributed by atoms with Crippen LogP contribution in [0.4, 0.5) is 0 Å². The monoisotopic (exact) mass is 298 g/mol. The minimum absolute atomic E-state index is 0.0778. The van der Waals surface area contributed by atoms with Gasteiger partial charge in [0.2, 0.25) is 5.91 Å². The molecule has 3 fully saturated rings. The van der Waals surface area contributed by atoms with Crippen molar-refractivity contribution in [3.63, 3.8) is 0 Å². The lowest BCUT2D eigenvalue weighted by Crippen LogP contribution is -2.51. The Balaban J connectivity index is 1.58. The molecule has 2 unspecified atom stereocenters. The zero-order valence-corrected chi connectivity index (χ0v) is 13.1. The fourth-order valence-electron chi connectivity index (χ4n) is 4.04. The minimum atomic E-state index is -0.0778. The number of amides is 1. The molecule has 3 rings (SSSR count). The minimum Gasteiger partial charge on any atom is -0.392 e. The summed E-state index contributed by atoms with van der Waals surface area (Å²) in [6, 6.07) is 0. The van der Waals surface area contributed by atoms with Gasteiger partial charge in [0.15, 0.2) is 0 Å². The molecule has 0 aromatic heterocycles. The lowest BCUT2D eigenvalue weighted by Gasteiger charge is -2.40. The number of carbonyl (C=O) groups is 1. The fourth-order valence-corrected chi connectivity index (χ4v) is 5.28. The molecule has 0 spiro atoms. The normalized spacial score (nSPS) is 35.8. The van der Waals surface area contributed by atoms with E-state index in [-0.39, 0.29) is 4.75 Å². The van der Waals surface area contributed by atoms with Crippen LogP contribution in [0.1, 0.15) is 32.1 Å². The van der Waals surface area contributed by atoms with Crippen molar-refractivity contribution < 1.29 is 4.79 Å². The summed E-state index contributed by atoms with van der Waals surface area (Å²) in [5.41, 5.74) is 5.89. The summed E-state index contributed by atoms with van der Waals surface area (Å²) in [4.78, 5) is 15.2. The third kappa shape index (κ3) is 2.19. The van der Waals surface area contributed by atoms with Crippen LogP contribution in [0.25, 0.3) is 0 Å². The third-order valence-corrected chi connectivity index (χ3v) is 7.34. The Hall–Kier alpha value is -0.290. The standard InChI is InChI=1S/C14H22N2OS2/c1-19-14(13(15)18)5-7-16(8-6-14)12(17)11-9-3-2-4-10(9)11/h9-11H,2-8H2,1H3,(H2,15,18). The predicted molar refractivity (Wildman–Crippen MR) is 83.2 cm³/mol. The van der Waals surface area contributed by atoms with Gasteiger partial charge in [-0.2, -0.15) is 11.8 Å². The van der Waals surface area contributed by atoms with Crippen LogP contribution in [0.15, 0.2) is 0 Å². The van der Waals surface area contributed by atoms with Crippen LogP contribution in [0, 0.1) is 17.8 Å². The first-order chi connectivity index (χ1) is 9.09. The molecule has 2 aliphatic carbocycles. The van der Waals surface area contributed by atoms with Crippen LogP contribution in [-0.2, 0) is 4.79 Å². The summed E-state index contributed by atoms with van der Waals surface area (Å²) in [6.07, 6.45) is 7.78. The summed E-state index contributed by atoms with van der Waals surface area (Å²) in [5, 5.41) is 0. The van der Waals surface area contributed by atoms with E-state index in [9.17, 15) is 4.79 Å². The van der Waals surface area contributed by atoms with E-state index in [4.69, 9.17) is 18.0 Å². The van der Waals surface area contributed by atoms with Gasteiger partial charge in [-0.1, -0.05) is 18.6 Å². The van der Waals surface area contributed by atoms with E-state index in [1.165, 1.54) is 19.3 Å². The van der Waals surface area contributed by atoms with Gasteiger partial charge in [0, 0.05) is 19.0 Å². The number of nitrogens with zero attached hydrogens (tertiary/aromatic N) is 1. The maximum atomic E-state index is 12.5. The summed E-state index contributed by atoms with van der Waals surface area (Å²) >= 11 is 6.97. The molecular formula is C14H22N2OS2. The van der Waals surface area contributed by atoms with E-state index >= 15 is 0 Å². The first-order valence-electron chi connectivity index (χ1n) is 7.23. The number of hydrogen-bond donors (Lipinski definition) is 1. The number of carbonyl (C=O) groups excluding carboxylic acids is 1. The number of piperidine rings is 1. The molecule has 3 aliphatic rings. The van der Waals surface area contributed by atoms with E-state index in [0.29, 0.717) is 16.8 Å². The second-order valence-corrected chi connectivity index (χ2v) is 7.80. The van der Waals surface area contributed by atoms with E-state index < -0.39 is 0 Å². The highest BCUT2D eigenvalue weighted by Gasteiger charge is 2.57. The van der Waals surface area contributed by atoms with Crippen LogP contribution in [0.2, 0.25) is 0 Å². The van der Waals surface area contributed by atoms with Crippen molar-refractivity contribution >= 4 is 34.9 Å². The molecule has 0 aromatic rings. The molecule has 3 nitrogen and oxygen atoms in total. The molecule has 2 atom stereocenters. The Morgan fingerprint density at radius 3 is 2.37 bits per heavy atom. The van der Waals surface area contributed by atoms with Gasteiger partial charge in [0.05, 0.1) is 9.74 Å². The molecule has 0 bridgehead atoms. The van der Waals surface area contributed by atoms with Gasteiger partial charge in [0.1, 0.15) is 0 Å². The molecule has 19 heavy (non-hydrogen) atoms. The largest absolute Gasteiger partial charge is 0.392 e. The van der Waals surface area contributed by atoms with E-state index in [2.05, 4.69) is 11.2 Å². The van der Waals surface area contributed by atoms with Crippen LogP contribution in [0.3, 0.4) is 0 Å². The van der Waals surface area contributed by atoms with E-state index in [0.717, 1.165) is 37.8 Å². The number of thioether (sulfide) groups is 1. The zero-order chi connectivity index (χ0) is 13.6. The molecule has 2 N–H and O–H groups in total. The number of hydrogen-bond acceptors (Lipinski definition) is 3. The summed E-state index contributed by atoms with van der Waals surface area (Å²) < 4.78 is -0.0778. The Labute approximate surface area is 124 Å².